The number of carbonyl (C=O) groups excluding carboxylic acids is 2. The molecule has 11 heteroatoms. The molecule has 0 unspecified atom stereocenters. The number of fused-ring (bicyclic) bond motifs is 3. The van der Waals surface area contributed by atoms with Gasteiger partial charge in [0.2, 0.25) is 0 Å². The van der Waals surface area contributed by atoms with Crippen LogP contribution in [0, 0.1) is 12.7 Å². The van der Waals surface area contributed by atoms with E-state index >= 15 is 0 Å². The van der Waals surface area contributed by atoms with E-state index < -0.39 is 34.4 Å². The lowest BCUT2D eigenvalue weighted by atomic mass is 10.1. The fourth-order valence-electron chi connectivity index (χ4n) is 3.85. The molecule has 166 valence electrons. The number of aromatic nitrogens is 3. The predicted molar refractivity (Wildman–Crippen MR) is 111 cm³/mol. The number of imide groups is 1. The van der Waals surface area contributed by atoms with E-state index in [1.54, 1.807) is 13.0 Å². The Labute approximate surface area is 188 Å². The quantitative estimate of drug-likeness (QED) is 0.290. The molecule has 2 amide bonds. The Morgan fingerprint density at radius 2 is 1.76 bits per heavy atom. The largest absolute Gasteiger partial charge is 0.417 e. The Kier molecular flexibility index (Phi) is 4.54. The number of aryl methyl sites for hydroxylation is 1. The third-order valence-electron chi connectivity index (χ3n) is 5.29. The van der Waals surface area contributed by atoms with Crippen molar-refractivity contribution in [2.75, 3.05) is 4.90 Å². The lowest BCUT2D eigenvalue weighted by molar-refractivity contribution is -0.137. The molecule has 1 aliphatic heterocycles. The van der Waals surface area contributed by atoms with Crippen LogP contribution < -0.4 is 4.90 Å². The van der Waals surface area contributed by atoms with Crippen LogP contribution in [0.25, 0.3) is 16.7 Å². The van der Waals surface area contributed by atoms with Gasteiger partial charge in [0.1, 0.15) is 5.82 Å². The molecule has 4 aromatic rings. The van der Waals surface area contributed by atoms with E-state index in [1.165, 1.54) is 22.9 Å². The van der Waals surface area contributed by atoms with Gasteiger partial charge in [-0.2, -0.15) is 18.3 Å². The molecular weight excluding hydrogens is 464 g/mol. The second kappa shape index (κ2) is 7.11. The summed E-state index contributed by atoms with van der Waals surface area (Å²) >= 11 is 5.66. The number of hydrogen-bond donors (Lipinski definition) is 0. The number of amides is 2. The van der Waals surface area contributed by atoms with Gasteiger partial charge in [-0.15, -0.1) is 0 Å². The van der Waals surface area contributed by atoms with Crippen LogP contribution in [-0.4, -0.2) is 26.6 Å². The third kappa shape index (κ3) is 3.17. The molecule has 0 saturated heterocycles. The minimum Gasteiger partial charge on any atom is -0.268 e. The second-order valence-corrected chi connectivity index (χ2v) is 7.74. The summed E-state index contributed by atoms with van der Waals surface area (Å²) in [7, 11) is 0. The van der Waals surface area contributed by atoms with Crippen LogP contribution in [-0.2, 0) is 6.18 Å². The maximum atomic E-state index is 13.7. The Bertz CT molecular complexity index is 1500. The number of anilines is 1. The predicted octanol–water partition coefficient (Wildman–Crippen LogP) is 5.34. The number of nitrogens with zero attached hydrogens (tertiary/aromatic N) is 4. The van der Waals surface area contributed by atoms with Gasteiger partial charge >= 0.3 is 6.18 Å². The van der Waals surface area contributed by atoms with Crippen molar-refractivity contribution in [1.29, 1.82) is 0 Å². The summed E-state index contributed by atoms with van der Waals surface area (Å²) < 4.78 is 55.0. The molecule has 33 heavy (non-hydrogen) atoms. The zero-order valence-corrected chi connectivity index (χ0v) is 17.4. The van der Waals surface area contributed by atoms with Crippen LogP contribution in [0.15, 0.2) is 48.7 Å². The molecule has 0 N–H and O–H groups in total. The fraction of sp³-hybridized carbons (Fsp3) is 0.0909. The van der Waals surface area contributed by atoms with Crippen LogP contribution in [0.1, 0.15) is 32.0 Å². The molecule has 3 heterocycles. The minimum atomic E-state index is -4.77. The zero-order chi connectivity index (χ0) is 23.7. The summed E-state index contributed by atoms with van der Waals surface area (Å²) in [5.74, 6) is -2.15. The average Bonchev–Trinajstić information content (AvgIpc) is 3.22. The van der Waals surface area contributed by atoms with Crippen molar-refractivity contribution in [2.24, 2.45) is 0 Å². The third-order valence-corrected chi connectivity index (χ3v) is 5.62. The van der Waals surface area contributed by atoms with Gasteiger partial charge in [0, 0.05) is 6.20 Å². The van der Waals surface area contributed by atoms with Crippen LogP contribution >= 0.6 is 11.6 Å². The van der Waals surface area contributed by atoms with E-state index in [0.717, 1.165) is 18.3 Å². The first-order valence-corrected chi connectivity index (χ1v) is 9.85. The molecule has 1 aliphatic rings. The van der Waals surface area contributed by atoms with Crippen molar-refractivity contribution >= 4 is 40.1 Å². The number of alkyl halides is 3. The average molecular weight is 475 g/mol. The molecule has 0 atom stereocenters. The summed E-state index contributed by atoms with van der Waals surface area (Å²) in [5.41, 5.74) is -0.660. The number of carbonyl (C=O) groups is 2. The molecular formula is C22H11ClF4N4O2. The fourth-order valence-corrected chi connectivity index (χ4v) is 4.08. The highest BCUT2D eigenvalue weighted by molar-refractivity contribution is 6.37. The Hall–Kier alpha value is -3.79. The second-order valence-electron chi connectivity index (χ2n) is 7.33. The number of benzene rings is 2. The molecule has 0 spiro atoms. The van der Waals surface area contributed by atoms with E-state index in [2.05, 4.69) is 10.1 Å². The first-order chi connectivity index (χ1) is 15.6. The standard InChI is InChI=1S/C22H11ClF4N4O2/c1-10-17-18-14(9-28-19(17)31(29-10)13-4-2-3-11(24)7-13)20(32)30(21(18)33)12-5-6-16(23)15(8-12)22(25,26)27/h2-9H,1H3. The number of halogens is 5. The molecule has 2 aromatic heterocycles. The van der Waals surface area contributed by atoms with Gasteiger partial charge in [0.15, 0.2) is 5.65 Å². The SMILES string of the molecule is Cc1nn(-c2cccc(F)c2)c2ncc3c(c12)C(=O)N(c1ccc(Cl)c(C(F)(F)F)c1)C3=O. The summed E-state index contributed by atoms with van der Waals surface area (Å²) in [6.07, 6.45) is -3.61. The summed E-state index contributed by atoms with van der Waals surface area (Å²) in [6.45, 7) is 1.59. The van der Waals surface area contributed by atoms with Crippen molar-refractivity contribution in [3.05, 3.63) is 81.9 Å². The highest BCUT2D eigenvalue weighted by Crippen LogP contribution is 2.40. The molecule has 0 aliphatic carbocycles. The maximum absolute atomic E-state index is 13.7. The number of hydrogen-bond acceptors (Lipinski definition) is 4. The lowest BCUT2D eigenvalue weighted by Crippen LogP contribution is -2.29. The minimum absolute atomic E-state index is 0.0336. The molecule has 0 radical (unpaired) electrons. The molecule has 0 bridgehead atoms. The molecule has 0 fully saturated rings. The smallest absolute Gasteiger partial charge is 0.268 e. The van der Waals surface area contributed by atoms with E-state index in [4.69, 9.17) is 11.6 Å². The summed E-state index contributed by atoms with van der Waals surface area (Å²) in [6, 6.07) is 8.35. The van der Waals surface area contributed by atoms with Crippen molar-refractivity contribution in [3.63, 3.8) is 0 Å². The number of rotatable bonds is 2. The maximum Gasteiger partial charge on any atom is 0.417 e. The monoisotopic (exact) mass is 474 g/mol. The van der Waals surface area contributed by atoms with Crippen LogP contribution in [0.2, 0.25) is 5.02 Å². The van der Waals surface area contributed by atoms with Gasteiger partial charge in [-0.3, -0.25) is 9.59 Å². The van der Waals surface area contributed by atoms with E-state index in [9.17, 15) is 27.2 Å². The van der Waals surface area contributed by atoms with E-state index in [1.807, 2.05) is 0 Å². The van der Waals surface area contributed by atoms with Crippen molar-refractivity contribution in [3.8, 4) is 5.69 Å². The van der Waals surface area contributed by atoms with E-state index in [-0.39, 0.29) is 27.8 Å². The van der Waals surface area contributed by atoms with E-state index in [0.29, 0.717) is 22.3 Å². The highest BCUT2D eigenvalue weighted by atomic mass is 35.5. The van der Waals surface area contributed by atoms with Gasteiger partial charge in [-0.25, -0.2) is 19.0 Å². The van der Waals surface area contributed by atoms with Crippen molar-refractivity contribution in [1.82, 2.24) is 14.8 Å². The Morgan fingerprint density at radius 3 is 2.45 bits per heavy atom. The summed E-state index contributed by atoms with van der Waals surface area (Å²) in [4.78, 5) is 31.2. The van der Waals surface area contributed by atoms with Crippen molar-refractivity contribution in [2.45, 2.75) is 13.1 Å². The molecule has 6 nitrogen and oxygen atoms in total. The van der Waals surface area contributed by atoms with Gasteiger partial charge in [-0.05, 0) is 43.3 Å². The Morgan fingerprint density at radius 1 is 1.00 bits per heavy atom. The first-order valence-electron chi connectivity index (χ1n) is 9.47. The van der Waals surface area contributed by atoms with Gasteiger partial charge < -0.3 is 0 Å². The molecule has 0 saturated carbocycles. The molecule has 2 aromatic carbocycles. The normalized spacial score (nSPS) is 13.8. The van der Waals surface area contributed by atoms with Gasteiger partial charge in [0.05, 0.1) is 44.2 Å². The van der Waals surface area contributed by atoms with Gasteiger partial charge in [-0.1, -0.05) is 17.7 Å². The Balaban J connectivity index is 1.68. The van der Waals surface area contributed by atoms with Crippen LogP contribution in [0.3, 0.4) is 0 Å². The van der Waals surface area contributed by atoms with Gasteiger partial charge in [0.25, 0.3) is 11.8 Å². The van der Waals surface area contributed by atoms with Crippen LogP contribution in [0.4, 0.5) is 23.2 Å². The topological polar surface area (TPSA) is 68.1 Å². The first kappa shape index (κ1) is 21.1. The lowest BCUT2D eigenvalue weighted by Gasteiger charge is -2.17. The zero-order valence-electron chi connectivity index (χ0n) is 16.6. The highest BCUT2D eigenvalue weighted by Gasteiger charge is 2.41. The van der Waals surface area contributed by atoms with Crippen molar-refractivity contribution < 1.29 is 27.2 Å². The van der Waals surface area contributed by atoms with Crippen LogP contribution in [0.5, 0.6) is 0 Å². The molecule has 5 rings (SSSR count). The number of pyridine rings is 1. The summed E-state index contributed by atoms with van der Waals surface area (Å²) in [5, 5.41) is 4.03.